The zero-order valence-electron chi connectivity index (χ0n) is 12.4. The van der Waals surface area contributed by atoms with Crippen molar-refractivity contribution in [3.05, 3.63) is 33.8 Å². The first-order valence-corrected chi connectivity index (χ1v) is 7.44. The number of hydrogen-bond acceptors (Lipinski definition) is 2. The number of halogens is 2. The molecule has 4 nitrogen and oxygen atoms in total. The minimum absolute atomic E-state index is 0.0234. The number of carbonyl (C=O) groups excluding carboxylic acids is 2. The third-order valence-corrected chi connectivity index (χ3v) is 3.41. The van der Waals surface area contributed by atoms with Gasteiger partial charge in [-0.05, 0) is 24.1 Å². The van der Waals surface area contributed by atoms with Gasteiger partial charge in [0.25, 0.3) is 0 Å². The van der Waals surface area contributed by atoms with Crippen molar-refractivity contribution in [2.75, 3.05) is 13.1 Å². The molecule has 0 aliphatic heterocycles. The number of rotatable bonds is 5. The Hall–Kier alpha value is -1.26. The van der Waals surface area contributed by atoms with Crippen molar-refractivity contribution in [3.63, 3.8) is 0 Å². The van der Waals surface area contributed by atoms with Gasteiger partial charge < -0.3 is 10.6 Å². The Balaban J connectivity index is 2.32. The summed E-state index contributed by atoms with van der Waals surface area (Å²) in [5.41, 5.74) is 0.414. The summed E-state index contributed by atoms with van der Waals surface area (Å²) in [7, 11) is 0. The van der Waals surface area contributed by atoms with Crippen LogP contribution in [0.2, 0.25) is 10.0 Å². The van der Waals surface area contributed by atoms with Crippen molar-refractivity contribution in [2.45, 2.75) is 27.2 Å². The first-order chi connectivity index (χ1) is 9.70. The third kappa shape index (κ3) is 6.36. The molecule has 0 aliphatic carbocycles. The molecule has 0 saturated heterocycles. The minimum Gasteiger partial charge on any atom is -0.354 e. The Bertz CT molecular complexity index is 525. The molecule has 6 heteroatoms. The lowest BCUT2D eigenvalue weighted by atomic mass is 9.96. The maximum Gasteiger partial charge on any atom is 0.239 e. The molecule has 0 bridgehead atoms. The second-order valence-electron chi connectivity index (χ2n) is 5.77. The highest BCUT2D eigenvalue weighted by Crippen LogP contribution is 2.21. The van der Waals surface area contributed by atoms with E-state index in [2.05, 4.69) is 10.6 Å². The van der Waals surface area contributed by atoms with E-state index in [1.54, 1.807) is 32.9 Å². The van der Waals surface area contributed by atoms with E-state index < -0.39 is 5.41 Å². The lowest BCUT2D eigenvalue weighted by Crippen LogP contribution is -2.42. The normalized spacial score (nSPS) is 11.1. The highest BCUT2D eigenvalue weighted by molar-refractivity contribution is 6.35. The Morgan fingerprint density at radius 3 is 2.38 bits per heavy atom. The number of hydrogen-bond donors (Lipinski definition) is 2. The summed E-state index contributed by atoms with van der Waals surface area (Å²) < 4.78 is 0. The average molecular weight is 331 g/mol. The summed E-state index contributed by atoms with van der Waals surface area (Å²) in [5.74, 6) is -0.379. The summed E-state index contributed by atoms with van der Waals surface area (Å²) in [6.45, 7) is 5.81. The molecule has 0 spiro atoms. The van der Waals surface area contributed by atoms with Crippen molar-refractivity contribution in [2.24, 2.45) is 5.41 Å². The second-order valence-corrected chi connectivity index (χ2v) is 6.61. The van der Waals surface area contributed by atoms with E-state index in [0.717, 1.165) is 5.56 Å². The summed E-state index contributed by atoms with van der Waals surface area (Å²) in [4.78, 5) is 23.2. The molecular formula is C15H20Cl2N2O2. The second kappa shape index (κ2) is 7.66. The summed E-state index contributed by atoms with van der Waals surface area (Å²) in [6.07, 6.45) is 0.606. The van der Waals surface area contributed by atoms with E-state index in [1.165, 1.54) is 0 Å². The van der Waals surface area contributed by atoms with Crippen LogP contribution < -0.4 is 10.6 Å². The van der Waals surface area contributed by atoms with Crippen LogP contribution in [0.5, 0.6) is 0 Å². The fourth-order valence-electron chi connectivity index (χ4n) is 1.55. The molecular weight excluding hydrogens is 311 g/mol. The van der Waals surface area contributed by atoms with Gasteiger partial charge in [-0.2, -0.15) is 0 Å². The van der Waals surface area contributed by atoms with Crippen molar-refractivity contribution in [3.8, 4) is 0 Å². The predicted octanol–water partition coefficient (Wildman–Crippen LogP) is 2.81. The Kier molecular flexibility index (Phi) is 6.49. The maximum absolute atomic E-state index is 11.6. The number of carbonyl (C=O) groups is 2. The molecule has 0 unspecified atom stereocenters. The molecule has 2 N–H and O–H groups in total. The minimum atomic E-state index is -0.503. The summed E-state index contributed by atoms with van der Waals surface area (Å²) >= 11 is 11.9. The summed E-state index contributed by atoms with van der Waals surface area (Å²) in [6, 6.07) is 5.26. The Morgan fingerprint density at radius 2 is 1.81 bits per heavy atom. The van der Waals surface area contributed by atoms with Crippen LogP contribution in [0.25, 0.3) is 0 Å². The highest BCUT2D eigenvalue weighted by atomic mass is 35.5. The van der Waals surface area contributed by atoms with E-state index in [1.807, 2.05) is 6.07 Å². The lowest BCUT2D eigenvalue weighted by molar-refractivity contribution is -0.131. The van der Waals surface area contributed by atoms with Crippen LogP contribution in [0, 0.1) is 5.41 Å². The van der Waals surface area contributed by atoms with Gasteiger partial charge in [0.15, 0.2) is 0 Å². The highest BCUT2D eigenvalue weighted by Gasteiger charge is 2.21. The first kappa shape index (κ1) is 17.8. The van der Waals surface area contributed by atoms with E-state index >= 15 is 0 Å². The van der Waals surface area contributed by atoms with Crippen molar-refractivity contribution in [1.29, 1.82) is 0 Å². The predicted molar refractivity (Wildman–Crippen MR) is 85.6 cm³/mol. The molecule has 1 aromatic rings. The molecule has 2 amide bonds. The fraction of sp³-hybridized carbons (Fsp3) is 0.467. The van der Waals surface area contributed by atoms with E-state index in [4.69, 9.17) is 23.2 Å². The van der Waals surface area contributed by atoms with Crippen LogP contribution in [0.15, 0.2) is 18.2 Å². The van der Waals surface area contributed by atoms with Gasteiger partial charge in [-0.15, -0.1) is 0 Å². The fourth-order valence-corrected chi connectivity index (χ4v) is 2.05. The van der Waals surface area contributed by atoms with Crippen LogP contribution in [0.4, 0.5) is 0 Å². The number of amides is 2. The van der Waals surface area contributed by atoms with Crippen LogP contribution in [0.1, 0.15) is 26.3 Å². The van der Waals surface area contributed by atoms with Crippen LogP contribution in [-0.4, -0.2) is 24.9 Å². The Morgan fingerprint density at radius 1 is 1.14 bits per heavy atom. The average Bonchev–Trinajstić information content (AvgIpc) is 2.37. The Labute approximate surface area is 135 Å². The quantitative estimate of drug-likeness (QED) is 0.872. The van der Waals surface area contributed by atoms with Crippen LogP contribution in [-0.2, 0) is 16.0 Å². The molecule has 0 saturated carbocycles. The molecule has 0 aromatic heterocycles. The maximum atomic E-state index is 11.6. The SMILES string of the molecule is CC(C)(C)C(=O)NCC(=O)NCCc1ccc(Cl)cc1Cl. The van der Waals surface area contributed by atoms with Crippen LogP contribution >= 0.6 is 23.2 Å². The molecule has 0 fully saturated rings. The molecule has 0 heterocycles. The van der Waals surface area contributed by atoms with Gasteiger partial charge in [0.05, 0.1) is 6.54 Å². The molecule has 1 rings (SSSR count). The molecule has 0 radical (unpaired) electrons. The van der Waals surface area contributed by atoms with Gasteiger partial charge in [0.2, 0.25) is 11.8 Å². The van der Waals surface area contributed by atoms with Gasteiger partial charge in [-0.1, -0.05) is 50.0 Å². The number of benzene rings is 1. The van der Waals surface area contributed by atoms with Crippen molar-refractivity contribution in [1.82, 2.24) is 10.6 Å². The molecule has 116 valence electrons. The molecule has 1 aromatic carbocycles. The van der Waals surface area contributed by atoms with Gasteiger partial charge in [0.1, 0.15) is 0 Å². The van der Waals surface area contributed by atoms with E-state index in [-0.39, 0.29) is 18.4 Å². The van der Waals surface area contributed by atoms with Crippen molar-refractivity contribution >= 4 is 35.0 Å². The standard InChI is InChI=1S/C15H20Cl2N2O2/c1-15(2,3)14(21)19-9-13(20)18-7-6-10-4-5-11(16)8-12(10)17/h4-5,8H,6-7,9H2,1-3H3,(H,18,20)(H,19,21). The molecule has 0 aliphatic rings. The lowest BCUT2D eigenvalue weighted by Gasteiger charge is -2.17. The topological polar surface area (TPSA) is 58.2 Å². The van der Waals surface area contributed by atoms with E-state index in [0.29, 0.717) is 23.0 Å². The first-order valence-electron chi connectivity index (χ1n) is 6.69. The van der Waals surface area contributed by atoms with Crippen LogP contribution in [0.3, 0.4) is 0 Å². The monoisotopic (exact) mass is 330 g/mol. The molecule has 21 heavy (non-hydrogen) atoms. The summed E-state index contributed by atoms with van der Waals surface area (Å²) in [5, 5.41) is 6.49. The van der Waals surface area contributed by atoms with Gasteiger partial charge in [-0.3, -0.25) is 9.59 Å². The largest absolute Gasteiger partial charge is 0.354 e. The third-order valence-electron chi connectivity index (χ3n) is 2.82. The number of nitrogens with one attached hydrogen (secondary N) is 2. The van der Waals surface area contributed by atoms with Gasteiger partial charge >= 0.3 is 0 Å². The zero-order valence-corrected chi connectivity index (χ0v) is 13.9. The van der Waals surface area contributed by atoms with Crippen molar-refractivity contribution < 1.29 is 9.59 Å². The van der Waals surface area contributed by atoms with Gasteiger partial charge in [0, 0.05) is 22.0 Å². The van der Waals surface area contributed by atoms with Gasteiger partial charge in [-0.25, -0.2) is 0 Å². The molecule has 0 atom stereocenters. The zero-order chi connectivity index (χ0) is 16.0. The van der Waals surface area contributed by atoms with E-state index in [9.17, 15) is 9.59 Å². The smallest absolute Gasteiger partial charge is 0.239 e.